The Kier molecular flexibility index (Phi) is 6.55. The number of anilines is 1. The molecule has 0 aliphatic carbocycles. The molecule has 1 aliphatic rings. The van der Waals surface area contributed by atoms with Gasteiger partial charge in [-0.15, -0.1) is 0 Å². The topological polar surface area (TPSA) is 89.0 Å². The molecule has 2 aromatic heterocycles. The van der Waals surface area contributed by atoms with Gasteiger partial charge >= 0.3 is 0 Å². The number of hydrogen-bond donors (Lipinski definition) is 2. The summed E-state index contributed by atoms with van der Waals surface area (Å²) in [6.07, 6.45) is 3.39. The zero-order valence-electron chi connectivity index (χ0n) is 17.8. The van der Waals surface area contributed by atoms with Crippen molar-refractivity contribution in [2.45, 2.75) is 25.7 Å². The lowest BCUT2D eigenvalue weighted by Crippen LogP contribution is -2.47. The Bertz CT molecular complexity index is 1090. The van der Waals surface area contributed by atoms with Gasteiger partial charge in [0.2, 0.25) is 0 Å². The van der Waals surface area contributed by atoms with Crippen LogP contribution < -0.4 is 15.4 Å². The molecule has 9 heteroatoms. The largest absolute Gasteiger partial charge is 0.486 e. The predicted octanol–water partition coefficient (Wildman–Crippen LogP) is 3.71. The molecule has 1 atom stereocenters. The van der Waals surface area contributed by atoms with Crippen molar-refractivity contribution < 1.29 is 18.3 Å². The third-order valence-electron chi connectivity index (χ3n) is 5.54. The highest BCUT2D eigenvalue weighted by atomic mass is 19.3. The minimum absolute atomic E-state index is 0.0262. The van der Waals surface area contributed by atoms with Crippen LogP contribution in [0.5, 0.6) is 5.75 Å². The van der Waals surface area contributed by atoms with Gasteiger partial charge in [0.05, 0.1) is 17.1 Å². The van der Waals surface area contributed by atoms with Gasteiger partial charge in [-0.05, 0) is 30.3 Å². The maximum atomic E-state index is 14.2. The Morgan fingerprint density at radius 1 is 1.25 bits per heavy atom. The molecular formula is C23H25F2N5O2. The molecule has 1 aliphatic heterocycles. The second-order valence-electron chi connectivity index (χ2n) is 7.78. The Morgan fingerprint density at radius 3 is 2.78 bits per heavy atom. The summed E-state index contributed by atoms with van der Waals surface area (Å²) in [7, 11) is 0. The van der Waals surface area contributed by atoms with Gasteiger partial charge in [0.1, 0.15) is 17.9 Å². The summed E-state index contributed by atoms with van der Waals surface area (Å²) in [4.78, 5) is 24.8. The van der Waals surface area contributed by atoms with Crippen LogP contribution in [0.1, 0.15) is 19.8 Å². The number of aromatic nitrogens is 3. The fraction of sp³-hybridized carbons (Fsp3) is 0.391. The van der Waals surface area contributed by atoms with Crippen molar-refractivity contribution in [3.8, 4) is 17.0 Å². The molecule has 0 radical (unpaired) electrons. The monoisotopic (exact) mass is 441 g/mol. The predicted molar refractivity (Wildman–Crippen MR) is 118 cm³/mol. The van der Waals surface area contributed by atoms with Crippen LogP contribution in [0, 0.1) is 5.92 Å². The molecule has 0 amide bonds. The van der Waals surface area contributed by atoms with Gasteiger partial charge in [0.15, 0.2) is 11.6 Å². The molecule has 1 aromatic carbocycles. The van der Waals surface area contributed by atoms with E-state index in [9.17, 15) is 13.6 Å². The highest BCUT2D eigenvalue weighted by molar-refractivity contribution is 5.88. The molecule has 4 rings (SSSR count). The average molecular weight is 441 g/mol. The number of benzene rings is 1. The number of alkyl halides is 2. The fourth-order valence-electron chi connectivity index (χ4n) is 3.56. The number of hydrogen-bond acceptors (Lipinski definition) is 7. The molecule has 2 N–H and O–H groups in total. The highest BCUT2D eigenvalue weighted by Gasteiger charge is 2.41. The number of pyridine rings is 1. The molecule has 168 valence electrons. The van der Waals surface area contributed by atoms with Crippen LogP contribution in [-0.4, -0.2) is 52.9 Å². The lowest BCUT2D eigenvalue weighted by Gasteiger charge is -2.32. The molecule has 0 unspecified atom stereocenters. The van der Waals surface area contributed by atoms with Crippen molar-refractivity contribution in [1.29, 1.82) is 0 Å². The number of nitrogens with one attached hydrogen (secondary N) is 2. The van der Waals surface area contributed by atoms with E-state index in [1.807, 2.05) is 12.1 Å². The van der Waals surface area contributed by atoms with Crippen LogP contribution in [-0.2, 0) is 4.79 Å². The van der Waals surface area contributed by atoms with Crippen molar-refractivity contribution in [2.24, 2.45) is 5.92 Å². The number of piperidine rings is 1. The van der Waals surface area contributed by atoms with E-state index in [0.717, 1.165) is 5.56 Å². The number of rotatable bonds is 8. The van der Waals surface area contributed by atoms with Gasteiger partial charge in [0, 0.05) is 50.4 Å². The first-order valence-electron chi connectivity index (χ1n) is 10.7. The molecular weight excluding hydrogens is 416 g/mol. The van der Waals surface area contributed by atoms with Crippen LogP contribution >= 0.6 is 0 Å². The average Bonchev–Trinajstić information content (AvgIpc) is 2.81. The summed E-state index contributed by atoms with van der Waals surface area (Å²) in [5.74, 6) is -2.54. The number of halogens is 2. The van der Waals surface area contributed by atoms with Crippen molar-refractivity contribution >= 4 is 22.6 Å². The maximum absolute atomic E-state index is 14.2. The lowest BCUT2D eigenvalue weighted by molar-refractivity contribution is -0.120. The molecule has 7 nitrogen and oxygen atoms in total. The number of ether oxygens (including phenoxy) is 1. The summed E-state index contributed by atoms with van der Waals surface area (Å²) in [6.45, 7) is 2.46. The van der Waals surface area contributed by atoms with Crippen LogP contribution in [0.2, 0.25) is 0 Å². The molecule has 3 aromatic rings. The minimum Gasteiger partial charge on any atom is -0.486 e. The van der Waals surface area contributed by atoms with Gasteiger partial charge in [-0.25, -0.2) is 18.7 Å². The number of ketones is 1. The Hall–Kier alpha value is -3.20. The van der Waals surface area contributed by atoms with E-state index in [0.29, 0.717) is 41.3 Å². The van der Waals surface area contributed by atoms with Gasteiger partial charge in [-0.3, -0.25) is 9.78 Å². The van der Waals surface area contributed by atoms with Crippen molar-refractivity contribution in [1.82, 2.24) is 20.3 Å². The number of Topliss-reactive ketones (excluding diaryl/α,β-unsaturated/α-hetero) is 1. The van der Waals surface area contributed by atoms with Crippen molar-refractivity contribution in [3.05, 3.63) is 42.7 Å². The zero-order valence-corrected chi connectivity index (χ0v) is 17.8. The summed E-state index contributed by atoms with van der Waals surface area (Å²) in [6, 6.07) is 9.00. The van der Waals surface area contributed by atoms with Gasteiger partial charge in [0.25, 0.3) is 5.92 Å². The molecule has 1 fully saturated rings. The molecule has 0 spiro atoms. The van der Waals surface area contributed by atoms with Crippen molar-refractivity contribution in [3.63, 3.8) is 0 Å². The van der Waals surface area contributed by atoms with E-state index in [4.69, 9.17) is 4.74 Å². The number of fused-ring (bicyclic) bond motifs is 1. The first kappa shape index (κ1) is 22.0. The standard InChI is InChI=1S/C23H25F2N5O2/c1-2-17(31)14-32-18-5-3-15(4-6-18)19-11-20-21(28-10-9-27-20)22(30-19)29-13-16-12-26-8-7-23(16,24)25/h3-6,9-11,16,26H,2,7-8,12-14H2,1H3,(H,29,30)/t16-/m0/s1. The molecule has 32 heavy (non-hydrogen) atoms. The Morgan fingerprint density at radius 2 is 2.03 bits per heavy atom. The van der Waals surface area contributed by atoms with E-state index < -0.39 is 11.8 Å². The summed E-state index contributed by atoms with van der Waals surface area (Å²) in [5, 5.41) is 6.10. The Labute approximate surface area is 184 Å². The number of carbonyl (C=O) groups is 1. The van der Waals surface area contributed by atoms with E-state index in [1.165, 1.54) is 0 Å². The van der Waals surface area contributed by atoms with Gasteiger partial charge in [-0.1, -0.05) is 6.92 Å². The van der Waals surface area contributed by atoms with E-state index in [-0.39, 0.29) is 31.9 Å². The highest BCUT2D eigenvalue weighted by Crippen LogP contribution is 2.32. The lowest BCUT2D eigenvalue weighted by atomic mass is 9.95. The van der Waals surface area contributed by atoms with Crippen molar-refractivity contribution in [2.75, 3.05) is 31.6 Å². The third-order valence-corrected chi connectivity index (χ3v) is 5.54. The SMILES string of the molecule is CCC(=O)COc1ccc(-c2cc3nccnc3c(NC[C@@H]3CNCCC3(F)F)n2)cc1. The first-order valence-corrected chi connectivity index (χ1v) is 10.7. The second-order valence-corrected chi connectivity index (χ2v) is 7.78. The normalized spacial score (nSPS) is 17.8. The van der Waals surface area contributed by atoms with E-state index in [1.54, 1.807) is 37.5 Å². The van der Waals surface area contributed by atoms with Gasteiger partial charge in [-0.2, -0.15) is 0 Å². The number of nitrogens with zero attached hydrogens (tertiary/aromatic N) is 3. The van der Waals surface area contributed by atoms with Crippen LogP contribution in [0.4, 0.5) is 14.6 Å². The number of carbonyl (C=O) groups excluding carboxylic acids is 1. The summed E-state index contributed by atoms with van der Waals surface area (Å²) in [5.41, 5.74) is 2.58. The zero-order chi connectivity index (χ0) is 22.6. The third kappa shape index (κ3) is 4.99. The van der Waals surface area contributed by atoms with Crippen LogP contribution in [0.15, 0.2) is 42.7 Å². The molecule has 0 bridgehead atoms. The Balaban J connectivity index is 1.57. The van der Waals surface area contributed by atoms with Crippen LogP contribution in [0.25, 0.3) is 22.3 Å². The second kappa shape index (κ2) is 9.52. The molecule has 0 saturated carbocycles. The summed E-state index contributed by atoms with van der Waals surface area (Å²) < 4.78 is 34.0. The molecule has 1 saturated heterocycles. The maximum Gasteiger partial charge on any atom is 0.255 e. The van der Waals surface area contributed by atoms with Crippen LogP contribution in [0.3, 0.4) is 0 Å². The smallest absolute Gasteiger partial charge is 0.255 e. The van der Waals surface area contributed by atoms with E-state index in [2.05, 4.69) is 25.6 Å². The first-order chi connectivity index (χ1) is 15.5. The fourth-order valence-corrected chi connectivity index (χ4v) is 3.56. The van der Waals surface area contributed by atoms with E-state index >= 15 is 0 Å². The molecule has 3 heterocycles. The minimum atomic E-state index is -2.73. The van der Waals surface area contributed by atoms with Gasteiger partial charge < -0.3 is 15.4 Å². The summed E-state index contributed by atoms with van der Waals surface area (Å²) >= 11 is 0. The quantitative estimate of drug-likeness (QED) is 0.551.